The molecule has 4 rings (SSSR count). The Morgan fingerprint density at radius 3 is 2.52 bits per heavy atom. The van der Waals surface area contributed by atoms with E-state index in [1.54, 1.807) is 25.3 Å². The van der Waals surface area contributed by atoms with E-state index in [2.05, 4.69) is 15.0 Å². The first kappa shape index (κ1) is 22.4. The molecule has 0 aliphatic heterocycles. The van der Waals surface area contributed by atoms with E-state index in [9.17, 15) is 18.0 Å². The number of carbonyl (C=O) groups is 1. The van der Waals surface area contributed by atoms with Crippen LogP contribution in [0.1, 0.15) is 10.4 Å². The molecular formula is C23H17F3N2O4S. The summed E-state index contributed by atoms with van der Waals surface area (Å²) >= 11 is 1.47. The van der Waals surface area contributed by atoms with Crippen molar-refractivity contribution in [1.29, 1.82) is 0 Å². The Morgan fingerprint density at radius 2 is 1.79 bits per heavy atom. The van der Waals surface area contributed by atoms with Crippen LogP contribution in [0.2, 0.25) is 0 Å². The Kier molecular flexibility index (Phi) is 6.10. The van der Waals surface area contributed by atoms with Crippen molar-refractivity contribution in [2.45, 2.75) is 6.36 Å². The van der Waals surface area contributed by atoms with Crippen LogP contribution in [0.25, 0.3) is 20.8 Å². The number of nitrogens with zero attached hydrogens (tertiary/aromatic N) is 1. The summed E-state index contributed by atoms with van der Waals surface area (Å²) < 4.78 is 52.9. The van der Waals surface area contributed by atoms with Crippen molar-refractivity contribution in [1.82, 2.24) is 4.98 Å². The average molecular weight is 474 g/mol. The van der Waals surface area contributed by atoms with Crippen LogP contribution < -0.4 is 19.5 Å². The van der Waals surface area contributed by atoms with Crippen molar-refractivity contribution in [2.75, 3.05) is 19.5 Å². The van der Waals surface area contributed by atoms with Gasteiger partial charge in [0.1, 0.15) is 22.3 Å². The van der Waals surface area contributed by atoms with Gasteiger partial charge < -0.3 is 19.5 Å². The molecule has 0 fully saturated rings. The molecule has 0 radical (unpaired) electrons. The molecule has 1 amide bonds. The first-order chi connectivity index (χ1) is 15.8. The molecule has 170 valence electrons. The molecule has 0 saturated carbocycles. The summed E-state index contributed by atoms with van der Waals surface area (Å²) in [5, 5.41) is 3.38. The van der Waals surface area contributed by atoms with Gasteiger partial charge in [-0.25, -0.2) is 4.98 Å². The molecule has 33 heavy (non-hydrogen) atoms. The number of thiazole rings is 1. The van der Waals surface area contributed by atoms with Gasteiger partial charge in [0.25, 0.3) is 5.91 Å². The predicted octanol–water partition coefficient (Wildman–Crippen LogP) is 6.13. The van der Waals surface area contributed by atoms with Crippen LogP contribution in [-0.2, 0) is 0 Å². The highest BCUT2D eigenvalue weighted by Crippen LogP contribution is 2.38. The molecule has 0 aliphatic rings. The maximum absolute atomic E-state index is 12.6. The van der Waals surface area contributed by atoms with Gasteiger partial charge in [-0.2, -0.15) is 0 Å². The number of aromatic nitrogens is 1. The third-order valence-corrected chi connectivity index (χ3v) is 5.67. The van der Waals surface area contributed by atoms with E-state index in [0.717, 1.165) is 38.7 Å². The molecule has 0 unspecified atom stereocenters. The molecule has 1 N–H and O–H groups in total. The van der Waals surface area contributed by atoms with E-state index < -0.39 is 18.0 Å². The standard InChI is InChI=1S/C23H17F3N2O4S/c1-30-15-7-9-18-20(12-15)33-22(28-18)17-8-6-14(11-19(17)31-2)27-21(29)13-4-3-5-16(10-13)32-23(24,25)26/h3-12H,1-2H3,(H,27,29). The number of hydrogen-bond acceptors (Lipinski definition) is 6. The predicted molar refractivity (Wildman–Crippen MR) is 119 cm³/mol. The van der Waals surface area contributed by atoms with Gasteiger partial charge in [-0.1, -0.05) is 6.07 Å². The minimum atomic E-state index is -4.84. The van der Waals surface area contributed by atoms with Gasteiger partial charge in [0, 0.05) is 17.3 Å². The maximum Gasteiger partial charge on any atom is 0.573 e. The third-order valence-electron chi connectivity index (χ3n) is 4.62. The minimum Gasteiger partial charge on any atom is -0.497 e. The van der Waals surface area contributed by atoms with E-state index in [4.69, 9.17) is 9.47 Å². The second-order valence-corrected chi connectivity index (χ2v) is 7.83. The first-order valence-electron chi connectivity index (χ1n) is 9.56. The molecule has 0 bridgehead atoms. The number of anilines is 1. The van der Waals surface area contributed by atoms with E-state index in [-0.39, 0.29) is 5.56 Å². The fraction of sp³-hybridized carbons (Fsp3) is 0.130. The Balaban J connectivity index is 1.57. The summed E-state index contributed by atoms with van der Waals surface area (Å²) in [6.45, 7) is 0. The lowest BCUT2D eigenvalue weighted by molar-refractivity contribution is -0.274. The van der Waals surface area contributed by atoms with Gasteiger partial charge in [0.15, 0.2) is 0 Å². The van der Waals surface area contributed by atoms with Crippen LogP contribution in [0, 0.1) is 0 Å². The van der Waals surface area contributed by atoms with Gasteiger partial charge in [-0.15, -0.1) is 24.5 Å². The number of benzene rings is 3. The number of halogens is 3. The SMILES string of the molecule is COc1ccc2nc(-c3ccc(NC(=O)c4cccc(OC(F)(F)F)c4)cc3OC)sc2c1. The molecule has 0 saturated heterocycles. The molecule has 1 heterocycles. The Hall–Kier alpha value is -3.79. The fourth-order valence-corrected chi connectivity index (χ4v) is 4.15. The van der Waals surface area contributed by atoms with E-state index >= 15 is 0 Å². The summed E-state index contributed by atoms with van der Waals surface area (Å²) in [7, 11) is 3.09. The molecule has 0 aliphatic carbocycles. The van der Waals surface area contributed by atoms with Crippen LogP contribution in [0.5, 0.6) is 17.2 Å². The third kappa shape index (κ3) is 5.17. The molecule has 10 heteroatoms. The zero-order chi connectivity index (χ0) is 23.6. The first-order valence-corrected chi connectivity index (χ1v) is 10.4. The number of ether oxygens (including phenoxy) is 3. The highest BCUT2D eigenvalue weighted by molar-refractivity contribution is 7.21. The number of carbonyl (C=O) groups excluding carboxylic acids is 1. The molecular weight excluding hydrogens is 457 g/mol. The lowest BCUT2D eigenvalue weighted by atomic mass is 10.1. The van der Waals surface area contributed by atoms with Crippen LogP contribution in [0.3, 0.4) is 0 Å². The molecule has 6 nitrogen and oxygen atoms in total. The fourth-order valence-electron chi connectivity index (χ4n) is 3.13. The Bertz CT molecular complexity index is 1320. The number of nitrogens with one attached hydrogen (secondary N) is 1. The zero-order valence-corrected chi connectivity index (χ0v) is 18.2. The Morgan fingerprint density at radius 1 is 0.970 bits per heavy atom. The summed E-state index contributed by atoms with van der Waals surface area (Å²) in [6.07, 6.45) is -4.84. The molecule has 4 aromatic rings. The lowest BCUT2D eigenvalue weighted by Crippen LogP contribution is -2.18. The van der Waals surface area contributed by atoms with Crippen LogP contribution in [-0.4, -0.2) is 31.5 Å². The van der Waals surface area contributed by atoms with Crippen molar-refractivity contribution >= 4 is 33.1 Å². The van der Waals surface area contributed by atoms with Gasteiger partial charge in [-0.3, -0.25) is 4.79 Å². The largest absolute Gasteiger partial charge is 0.573 e. The second-order valence-electron chi connectivity index (χ2n) is 6.80. The van der Waals surface area contributed by atoms with E-state index in [0.29, 0.717) is 11.4 Å². The normalized spacial score (nSPS) is 11.3. The topological polar surface area (TPSA) is 69.7 Å². The molecule has 0 spiro atoms. The Labute approximate surface area is 190 Å². The number of rotatable bonds is 6. The summed E-state index contributed by atoms with van der Waals surface area (Å²) in [6, 6.07) is 15.5. The number of methoxy groups -OCH3 is 2. The number of fused-ring (bicyclic) bond motifs is 1. The van der Waals surface area contributed by atoms with Crippen molar-refractivity contribution in [2.24, 2.45) is 0 Å². The highest BCUT2D eigenvalue weighted by atomic mass is 32.1. The van der Waals surface area contributed by atoms with Crippen LogP contribution in [0.15, 0.2) is 60.7 Å². The summed E-state index contributed by atoms with van der Waals surface area (Å²) in [5.74, 6) is 0.139. The molecule has 1 aromatic heterocycles. The van der Waals surface area contributed by atoms with Crippen molar-refractivity contribution in [3.05, 3.63) is 66.2 Å². The minimum absolute atomic E-state index is 0.0138. The summed E-state index contributed by atoms with van der Waals surface area (Å²) in [4.78, 5) is 17.2. The lowest BCUT2D eigenvalue weighted by Gasteiger charge is -2.12. The quantitative estimate of drug-likeness (QED) is 0.364. The number of hydrogen-bond donors (Lipinski definition) is 1. The van der Waals surface area contributed by atoms with Gasteiger partial charge >= 0.3 is 6.36 Å². The van der Waals surface area contributed by atoms with Crippen LogP contribution >= 0.6 is 11.3 Å². The maximum atomic E-state index is 12.6. The van der Waals surface area contributed by atoms with Crippen molar-refractivity contribution in [3.63, 3.8) is 0 Å². The number of amides is 1. The van der Waals surface area contributed by atoms with Crippen molar-refractivity contribution in [3.8, 4) is 27.8 Å². The van der Waals surface area contributed by atoms with Gasteiger partial charge in [0.05, 0.1) is 30.0 Å². The zero-order valence-electron chi connectivity index (χ0n) is 17.4. The average Bonchev–Trinajstić information content (AvgIpc) is 3.21. The van der Waals surface area contributed by atoms with Crippen LogP contribution in [0.4, 0.5) is 18.9 Å². The highest BCUT2D eigenvalue weighted by Gasteiger charge is 2.31. The van der Waals surface area contributed by atoms with Gasteiger partial charge in [-0.05, 0) is 48.5 Å². The number of alkyl halides is 3. The van der Waals surface area contributed by atoms with Gasteiger partial charge in [0.2, 0.25) is 0 Å². The monoisotopic (exact) mass is 474 g/mol. The van der Waals surface area contributed by atoms with Crippen molar-refractivity contribution < 1.29 is 32.2 Å². The second kappa shape index (κ2) is 8.99. The smallest absolute Gasteiger partial charge is 0.497 e. The van der Waals surface area contributed by atoms with E-state index in [1.807, 2.05) is 18.2 Å². The summed E-state index contributed by atoms with van der Waals surface area (Å²) in [5.41, 5.74) is 1.97. The van der Waals surface area contributed by atoms with E-state index in [1.165, 1.54) is 30.6 Å². The molecule has 3 aromatic carbocycles. The molecule has 0 atom stereocenters.